The van der Waals surface area contributed by atoms with Crippen molar-refractivity contribution in [2.45, 2.75) is 26.3 Å². The largest absolute Gasteiger partial charge is 0.396 e. The molecule has 0 bridgehead atoms. The first-order valence-corrected chi connectivity index (χ1v) is 8.28. The Morgan fingerprint density at radius 2 is 2.33 bits per heavy atom. The molecular formula is C15H21BrN4O. The number of aryl methyl sites for hydroxylation is 1. The molecule has 0 saturated carbocycles. The third-order valence-corrected chi connectivity index (χ3v) is 4.64. The van der Waals surface area contributed by atoms with Gasteiger partial charge in [0.15, 0.2) is 5.65 Å². The number of rotatable bonds is 5. The Morgan fingerprint density at radius 3 is 3.14 bits per heavy atom. The molecule has 1 aliphatic rings. The van der Waals surface area contributed by atoms with Gasteiger partial charge in [-0.25, -0.2) is 9.97 Å². The summed E-state index contributed by atoms with van der Waals surface area (Å²) in [6.07, 6.45) is 3.88. The van der Waals surface area contributed by atoms with Gasteiger partial charge in [0.1, 0.15) is 5.82 Å². The summed E-state index contributed by atoms with van der Waals surface area (Å²) in [5.41, 5.74) is 1.93. The smallest absolute Gasteiger partial charge is 0.177 e. The van der Waals surface area contributed by atoms with Gasteiger partial charge in [-0.05, 0) is 54.2 Å². The first kappa shape index (κ1) is 14.9. The average molecular weight is 353 g/mol. The summed E-state index contributed by atoms with van der Waals surface area (Å²) in [5, 5.41) is 8.93. The molecule has 5 nitrogen and oxygen atoms in total. The van der Waals surface area contributed by atoms with E-state index in [1.807, 2.05) is 6.92 Å². The second-order valence-electron chi connectivity index (χ2n) is 5.80. The van der Waals surface area contributed by atoms with Gasteiger partial charge in [0, 0.05) is 36.9 Å². The highest BCUT2D eigenvalue weighted by molar-refractivity contribution is 9.10. The number of imidazole rings is 1. The summed E-state index contributed by atoms with van der Waals surface area (Å²) in [6, 6.07) is 2.10. The molecule has 3 rings (SSSR count). The van der Waals surface area contributed by atoms with Gasteiger partial charge >= 0.3 is 0 Å². The third kappa shape index (κ3) is 3.27. The average Bonchev–Trinajstić information content (AvgIpc) is 3.03. The predicted molar refractivity (Wildman–Crippen MR) is 86.2 cm³/mol. The van der Waals surface area contributed by atoms with Crippen LogP contribution in [0, 0.1) is 12.8 Å². The summed E-state index contributed by atoms with van der Waals surface area (Å²) in [6.45, 7) is 6.58. The van der Waals surface area contributed by atoms with Crippen molar-refractivity contribution in [2.75, 3.05) is 26.2 Å². The highest BCUT2D eigenvalue weighted by atomic mass is 79.9. The van der Waals surface area contributed by atoms with E-state index in [1.54, 1.807) is 6.20 Å². The molecule has 0 aromatic carbocycles. The maximum atomic E-state index is 8.93. The summed E-state index contributed by atoms with van der Waals surface area (Å²) < 4.78 is 3.28. The number of hydrogen-bond donors (Lipinski definition) is 1. The highest BCUT2D eigenvalue weighted by Crippen LogP contribution is 2.23. The summed E-state index contributed by atoms with van der Waals surface area (Å²) in [7, 11) is 0. The number of nitrogens with zero attached hydrogens (tertiary/aromatic N) is 4. The van der Waals surface area contributed by atoms with Gasteiger partial charge in [-0.2, -0.15) is 0 Å². The Hall–Kier alpha value is -0.980. The molecule has 1 N–H and O–H groups in total. The Balaban J connectivity index is 1.73. The second kappa shape index (κ2) is 6.42. The molecule has 0 unspecified atom stereocenters. The Kier molecular flexibility index (Phi) is 4.57. The van der Waals surface area contributed by atoms with Crippen molar-refractivity contribution in [1.29, 1.82) is 0 Å². The lowest BCUT2D eigenvalue weighted by molar-refractivity contribution is 0.242. The topological polar surface area (TPSA) is 54.2 Å². The molecule has 2 aromatic heterocycles. The minimum atomic E-state index is 0.284. The van der Waals surface area contributed by atoms with Crippen LogP contribution in [0.15, 0.2) is 16.7 Å². The van der Waals surface area contributed by atoms with Crippen molar-refractivity contribution in [3.8, 4) is 0 Å². The van der Waals surface area contributed by atoms with E-state index in [-0.39, 0.29) is 6.61 Å². The molecule has 21 heavy (non-hydrogen) atoms. The van der Waals surface area contributed by atoms with Crippen LogP contribution in [0.4, 0.5) is 0 Å². The Morgan fingerprint density at radius 1 is 1.48 bits per heavy atom. The van der Waals surface area contributed by atoms with E-state index in [1.165, 1.54) is 6.42 Å². The van der Waals surface area contributed by atoms with Crippen LogP contribution in [0.2, 0.25) is 0 Å². The molecule has 0 spiro atoms. The van der Waals surface area contributed by atoms with Crippen LogP contribution in [0.25, 0.3) is 11.2 Å². The molecule has 1 fully saturated rings. The van der Waals surface area contributed by atoms with Crippen LogP contribution in [-0.2, 0) is 6.54 Å². The monoisotopic (exact) mass is 352 g/mol. The first-order chi connectivity index (χ1) is 10.2. The van der Waals surface area contributed by atoms with E-state index >= 15 is 0 Å². The van der Waals surface area contributed by atoms with Crippen molar-refractivity contribution in [2.24, 2.45) is 5.92 Å². The van der Waals surface area contributed by atoms with E-state index in [0.29, 0.717) is 5.92 Å². The number of fused-ring (bicyclic) bond motifs is 1. The summed E-state index contributed by atoms with van der Waals surface area (Å²) >= 11 is 3.49. The molecule has 1 atom stereocenters. The molecule has 3 heterocycles. The molecule has 2 aromatic rings. The number of pyridine rings is 1. The molecule has 0 aliphatic carbocycles. The first-order valence-electron chi connectivity index (χ1n) is 7.49. The molecule has 114 valence electrons. The number of halogens is 1. The SMILES string of the molecule is Cc1nc2ncc(Br)cc2n1C[C@H]1CCN(CCCO)C1. The van der Waals surface area contributed by atoms with Crippen molar-refractivity contribution in [3.05, 3.63) is 22.6 Å². The maximum Gasteiger partial charge on any atom is 0.177 e. The Labute approximate surface area is 133 Å². The molecule has 1 aliphatic heterocycles. The van der Waals surface area contributed by atoms with Crippen LogP contribution in [0.3, 0.4) is 0 Å². The van der Waals surface area contributed by atoms with E-state index in [9.17, 15) is 0 Å². The fraction of sp³-hybridized carbons (Fsp3) is 0.600. The zero-order valence-corrected chi connectivity index (χ0v) is 13.9. The molecular weight excluding hydrogens is 332 g/mol. The van der Waals surface area contributed by atoms with Gasteiger partial charge < -0.3 is 14.6 Å². The van der Waals surface area contributed by atoms with Crippen molar-refractivity contribution in [3.63, 3.8) is 0 Å². The van der Waals surface area contributed by atoms with Gasteiger partial charge in [-0.15, -0.1) is 0 Å². The van der Waals surface area contributed by atoms with E-state index in [4.69, 9.17) is 5.11 Å². The lowest BCUT2D eigenvalue weighted by atomic mass is 10.1. The second-order valence-corrected chi connectivity index (χ2v) is 6.71. The lowest BCUT2D eigenvalue weighted by Crippen LogP contribution is -2.23. The number of aliphatic hydroxyl groups excluding tert-OH is 1. The van der Waals surface area contributed by atoms with E-state index in [0.717, 1.165) is 54.1 Å². The third-order valence-electron chi connectivity index (χ3n) is 4.21. The predicted octanol–water partition coefficient (Wildman–Crippen LogP) is 2.21. The minimum absolute atomic E-state index is 0.284. The van der Waals surface area contributed by atoms with Crippen LogP contribution >= 0.6 is 15.9 Å². The number of aliphatic hydroxyl groups is 1. The molecule has 0 amide bonds. The number of hydrogen-bond acceptors (Lipinski definition) is 4. The van der Waals surface area contributed by atoms with E-state index in [2.05, 4.69) is 41.4 Å². The van der Waals surface area contributed by atoms with Gasteiger partial charge in [0.25, 0.3) is 0 Å². The fourth-order valence-electron chi connectivity index (χ4n) is 3.14. The maximum absolute atomic E-state index is 8.93. The standard InChI is InChI=1S/C15H21BrN4O/c1-11-18-15-14(7-13(16)8-17-15)20(11)10-12-3-5-19(9-12)4-2-6-21/h7-8,12,21H,2-6,9-10H2,1H3/t12-/m0/s1. The minimum Gasteiger partial charge on any atom is -0.396 e. The van der Waals surface area contributed by atoms with Crippen LogP contribution in [0.1, 0.15) is 18.7 Å². The van der Waals surface area contributed by atoms with E-state index < -0.39 is 0 Å². The number of aromatic nitrogens is 3. The van der Waals surface area contributed by atoms with Crippen molar-refractivity contribution < 1.29 is 5.11 Å². The zero-order chi connectivity index (χ0) is 14.8. The van der Waals surface area contributed by atoms with Crippen LogP contribution in [0.5, 0.6) is 0 Å². The van der Waals surface area contributed by atoms with Crippen molar-refractivity contribution >= 4 is 27.1 Å². The summed E-state index contributed by atoms with van der Waals surface area (Å²) in [4.78, 5) is 11.4. The lowest BCUT2D eigenvalue weighted by Gasteiger charge is -2.16. The van der Waals surface area contributed by atoms with Crippen LogP contribution < -0.4 is 0 Å². The number of likely N-dealkylation sites (tertiary alicyclic amines) is 1. The quantitative estimate of drug-likeness (QED) is 0.896. The molecule has 1 saturated heterocycles. The van der Waals surface area contributed by atoms with Crippen molar-refractivity contribution in [1.82, 2.24) is 19.4 Å². The molecule has 6 heteroatoms. The van der Waals surface area contributed by atoms with Gasteiger partial charge in [-0.3, -0.25) is 0 Å². The normalized spacial score (nSPS) is 19.7. The fourth-order valence-corrected chi connectivity index (χ4v) is 3.46. The Bertz CT molecular complexity index is 627. The van der Waals surface area contributed by atoms with Gasteiger partial charge in [-0.1, -0.05) is 0 Å². The summed E-state index contributed by atoms with van der Waals surface area (Å²) in [5.74, 6) is 1.68. The van der Waals surface area contributed by atoms with Gasteiger partial charge in [0.05, 0.1) is 5.52 Å². The highest BCUT2D eigenvalue weighted by Gasteiger charge is 2.23. The van der Waals surface area contributed by atoms with Gasteiger partial charge in [0.2, 0.25) is 0 Å². The zero-order valence-electron chi connectivity index (χ0n) is 12.3. The molecule has 0 radical (unpaired) electrons. The van der Waals surface area contributed by atoms with Crippen LogP contribution in [-0.4, -0.2) is 50.8 Å².